The summed E-state index contributed by atoms with van der Waals surface area (Å²) >= 11 is 1.44. The molecule has 4 aromatic rings. The molecule has 0 saturated heterocycles. The van der Waals surface area contributed by atoms with E-state index in [1.807, 2.05) is 41.8 Å². The Morgan fingerprint density at radius 1 is 1.06 bits per heavy atom. The number of thiophene rings is 1. The van der Waals surface area contributed by atoms with E-state index in [0.717, 1.165) is 41.6 Å². The molecule has 2 amide bonds. The quantitative estimate of drug-likeness (QED) is 0.371. The Hall–Kier alpha value is -3.59. The fourth-order valence-electron chi connectivity index (χ4n) is 4.76. The number of benzene rings is 2. The topological polar surface area (TPSA) is 80.1 Å². The van der Waals surface area contributed by atoms with Gasteiger partial charge in [-0.1, -0.05) is 54.8 Å². The second-order valence-corrected chi connectivity index (χ2v) is 10.1. The van der Waals surface area contributed by atoms with Crippen molar-refractivity contribution in [1.29, 1.82) is 0 Å². The van der Waals surface area contributed by atoms with Crippen LogP contribution < -0.4 is 5.32 Å². The van der Waals surface area contributed by atoms with Crippen molar-refractivity contribution < 1.29 is 14.0 Å². The van der Waals surface area contributed by atoms with E-state index in [1.165, 1.54) is 29.9 Å². The van der Waals surface area contributed by atoms with Crippen molar-refractivity contribution in [3.63, 3.8) is 0 Å². The van der Waals surface area contributed by atoms with Gasteiger partial charge < -0.3 is 10.2 Å². The minimum Gasteiger partial charge on any atom is -0.351 e. The van der Waals surface area contributed by atoms with Crippen LogP contribution in [0.25, 0.3) is 11.0 Å². The summed E-state index contributed by atoms with van der Waals surface area (Å²) < 4.78 is 15.1. The summed E-state index contributed by atoms with van der Waals surface area (Å²) in [6, 6.07) is 16.5. The van der Waals surface area contributed by atoms with Crippen molar-refractivity contribution in [3.8, 4) is 0 Å². The van der Waals surface area contributed by atoms with E-state index in [1.54, 1.807) is 21.7 Å². The fourth-order valence-corrected chi connectivity index (χ4v) is 5.60. The van der Waals surface area contributed by atoms with Crippen LogP contribution in [0, 0.1) is 5.82 Å². The molecule has 1 atom stereocenters. The Morgan fingerprint density at radius 2 is 1.83 bits per heavy atom. The van der Waals surface area contributed by atoms with Gasteiger partial charge in [-0.2, -0.15) is 0 Å². The molecule has 186 valence electrons. The molecule has 36 heavy (non-hydrogen) atoms. The first-order chi connectivity index (χ1) is 17.6. The number of hydrogen-bond acceptors (Lipinski definition) is 5. The second-order valence-electron chi connectivity index (χ2n) is 9.15. The summed E-state index contributed by atoms with van der Waals surface area (Å²) in [5.41, 5.74) is 2.17. The van der Waals surface area contributed by atoms with Crippen LogP contribution in [-0.4, -0.2) is 37.7 Å². The van der Waals surface area contributed by atoms with Gasteiger partial charge in [0.1, 0.15) is 23.9 Å². The van der Waals surface area contributed by atoms with Crippen molar-refractivity contribution in [2.24, 2.45) is 0 Å². The largest absolute Gasteiger partial charge is 0.351 e. The smallest absolute Gasteiger partial charge is 0.248 e. The first kappa shape index (κ1) is 24.1. The molecule has 7 nitrogen and oxygen atoms in total. The highest BCUT2D eigenvalue weighted by atomic mass is 32.1. The first-order valence-electron chi connectivity index (χ1n) is 12.2. The number of para-hydroxylation sites is 1. The van der Waals surface area contributed by atoms with Crippen LogP contribution in [0.4, 0.5) is 4.39 Å². The van der Waals surface area contributed by atoms with Gasteiger partial charge in [0.25, 0.3) is 0 Å². The van der Waals surface area contributed by atoms with E-state index in [9.17, 15) is 14.0 Å². The standard InChI is InChI=1S/C27H28FN5O2S/c28-20-14-12-19(13-15-20)17-32(25(34)18-33-23-10-5-4-9-22(23)30-31-33)26(24-11-6-16-36-24)27(35)29-21-7-2-1-3-8-21/h4-6,9-16,21,26H,1-3,7-8,17-18H2,(H,29,35). The van der Waals surface area contributed by atoms with Gasteiger partial charge in [0, 0.05) is 17.5 Å². The molecule has 0 spiro atoms. The van der Waals surface area contributed by atoms with E-state index in [-0.39, 0.29) is 36.8 Å². The molecule has 1 unspecified atom stereocenters. The highest BCUT2D eigenvalue weighted by Gasteiger charge is 2.34. The number of carbonyl (C=O) groups is 2. The maximum Gasteiger partial charge on any atom is 0.248 e. The average molecular weight is 506 g/mol. The minimum atomic E-state index is -0.806. The summed E-state index contributed by atoms with van der Waals surface area (Å²) in [4.78, 5) is 29.9. The van der Waals surface area contributed by atoms with E-state index in [2.05, 4.69) is 15.6 Å². The Kier molecular flexibility index (Phi) is 7.36. The van der Waals surface area contributed by atoms with Crippen LogP contribution >= 0.6 is 11.3 Å². The fraction of sp³-hybridized carbons (Fsp3) is 0.333. The highest BCUT2D eigenvalue weighted by molar-refractivity contribution is 7.10. The number of nitrogens with one attached hydrogen (secondary N) is 1. The molecule has 1 saturated carbocycles. The Labute approximate surface area is 212 Å². The molecule has 1 fully saturated rings. The summed E-state index contributed by atoms with van der Waals surface area (Å²) in [7, 11) is 0. The number of carbonyl (C=O) groups excluding carboxylic acids is 2. The van der Waals surface area contributed by atoms with Gasteiger partial charge in [0.2, 0.25) is 11.8 Å². The number of halogens is 1. The first-order valence-corrected chi connectivity index (χ1v) is 13.1. The maximum atomic E-state index is 13.8. The molecular formula is C27H28FN5O2S. The van der Waals surface area contributed by atoms with Crippen LogP contribution in [0.1, 0.15) is 48.6 Å². The van der Waals surface area contributed by atoms with Crippen LogP contribution in [0.2, 0.25) is 0 Å². The number of nitrogens with zero attached hydrogens (tertiary/aromatic N) is 4. The molecule has 2 aromatic carbocycles. The number of amides is 2. The highest BCUT2D eigenvalue weighted by Crippen LogP contribution is 2.29. The monoisotopic (exact) mass is 505 g/mol. The van der Waals surface area contributed by atoms with Gasteiger partial charge >= 0.3 is 0 Å². The predicted molar refractivity (Wildman–Crippen MR) is 137 cm³/mol. The lowest BCUT2D eigenvalue weighted by atomic mass is 9.95. The molecule has 1 aliphatic rings. The molecular weight excluding hydrogens is 477 g/mol. The van der Waals surface area contributed by atoms with Crippen LogP contribution in [0.3, 0.4) is 0 Å². The molecule has 9 heteroatoms. The minimum absolute atomic E-state index is 0.0692. The number of aromatic nitrogens is 3. The van der Waals surface area contributed by atoms with Crippen molar-refractivity contribution >= 4 is 34.2 Å². The molecule has 2 heterocycles. The van der Waals surface area contributed by atoms with E-state index >= 15 is 0 Å². The van der Waals surface area contributed by atoms with Crippen LogP contribution in [-0.2, 0) is 22.7 Å². The normalized spacial score (nSPS) is 15.0. The lowest BCUT2D eigenvalue weighted by Gasteiger charge is -2.33. The van der Waals surface area contributed by atoms with Gasteiger partial charge in [-0.3, -0.25) is 9.59 Å². The summed E-state index contributed by atoms with van der Waals surface area (Å²) in [5.74, 6) is -0.814. The van der Waals surface area contributed by atoms with Gasteiger partial charge in [-0.15, -0.1) is 16.4 Å². The SMILES string of the molecule is O=C(NC1CCCCC1)C(c1cccs1)N(Cc1ccc(F)cc1)C(=O)Cn1nnc2ccccc21. The molecule has 0 radical (unpaired) electrons. The van der Waals surface area contributed by atoms with Gasteiger partial charge in [-0.25, -0.2) is 9.07 Å². The third-order valence-electron chi connectivity index (χ3n) is 6.62. The van der Waals surface area contributed by atoms with Crippen LogP contribution in [0.15, 0.2) is 66.0 Å². The molecule has 1 N–H and O–H groups in total. The zero-order chi connectivity index (χ0) is 24.9. The van der Waals surface area contributed by atoms with Crippen molar-refractivity contribution in [2.75, 3.05) is 0 Å². The lowest BCUT2D eigenvalue weighted by molar-refractivity contribution is -0.142. The zero-order valence-corrected chi connectivity index (χ0v) is 20.7. The van der Waals surface area contributed by atoms with E-state index in [4.69, 9.17) is 0 Å². The average Bonchev–Trinajstić information content (AvgIpc) is 3.56. The molecule has 0 aliphatic heterocycles. The summed E-state index contributed by atoms with van der Waals surface area (Å²) in [6.45, 7) is 0.0900. The third-order valence-corrected chi connectivity index (χ3v) is 7.54. The molecule has 2 aromatic heterocycles. The maximum absolute atomic E-state index is 13.8. The van der Waals surface area contributed by atoms with E-state index in [0.29, 0.717) is 5.52 Å². The third kappa shape index (κ3) is 5.46. The Bertz CT molecular complexity index is 1320. The summed E-state index contributed by atoms with van der Waals surface area (Å²) in [5, 5.41) is 13.4. The number of hydrogen-bond donors (Lipinski definition) is 1. The Balaban J connectivity index is 1.48. The zero-order valence-electron chi connectivity index (χ0n) is 19.8. The second kappa shape index (κ2) is 11.0. The summed E-state index contributed by atoms with van der Waals surface area (Å²) in [6.07, 6.45) is 5.25. The van der Waals surface area contributed by atoms with Crippen molar-refractivity contribution in [3.05, 3.63) is 82.3 Å². The molecule has 0 bridgehead atoms. The van der Waals surface area contributed by atoms with Gasteiger partial charge in [0.05, 0.1) is 5.52 Å². The van der Waals surface area contributed by atoms with Crippen molar-refractivity contribution in [1.82, 2.24) is 25.2 Å². The molecule has 5 rings (SSSR count). The van der Waals surface area contributed by atoms with Crippen LogP contribution in [0.5, 0.6) is 0 Å². The Morgan fingerprint density at radius 3 is 2.58 bits per heavy atom. The lowest BCUT2D eigenvalue weighted by Crippen LogP contribution is -2.47. The van der Waals surface area contributed by atoms with Crippen molar-refractivity contribution in [2.45, 2.75) is 57.3 Å². The van der Waals surface area contributed by atoms with E-state index < -0.39 is 6.04 Å². The number of rotatable bonds is 8. The predicted octanol–water partition coefficient (Wildman–Crippen LogP) is 4.85. The van der Waals surface area contributed by atoms with Gasteiger partial charge in [-0.05, 0) is 54.1 Å². The molecule has 1 aliphatic carbocycles. The number of fused-ring (bicyclic) bond motifs is 1. The van der Waals surface area contributed by atoms with Gasteiger partial charge in [0.15, 0.2) is 0 Å².